The van der Waals surface area contributed by atoms with Crippen LogP contribution in [0.2, 0.25) is 0 Å². The molecule has 36 heavy (non-hydrogen) atoms. The number of hydrogen-bond acceptors (Lipinski definition) is 4. The first kappa shape index (κ1) is 24.6. The maximum absolute atomic E-state index is 13.4. The second-order valence-corrected chi connectivity index (χ2v) is 8.42. The predicted molar refractivity (Wildman–Crippen MR) is 145 cm³/mol. The minimum Gasteiger partial charge on any atom is -0.507 e. The third kappa shape index (κ3) is 5.76. The number of ether oxygens (including phenoxy) is 2. The van der Waals surface area contributed by atoms with Crippen LogP contribution in [0.3, 0.4) is 0 Å². The van der Waals surface area contributed by atoms with Gasteiger partial charge in [0.25, 0.3) is 5.91 Å². The van der Waals surface area contributed by atoms with Crippen molar-refractivity contribution < 1.29 is 19.4 Å². The Hall–Kier alpha value is -4.51. The number of allylic oxidation sites excluding steroid dienone is 1. The highest BCUT2D eigenvalue weighted by Gasteiger charge is 2.20. The molecule has 0 bridgehead atoms. The normalized spacial score (nSPS) is 10.9. The summed E-state index contributed by atoms with van der Waals surface area (Å²) >= 11 is 0. The van der Waals surface area contributed by atoms with Crippen LogP contribution in [-0.4, -0.2) is 25.2 Å². The summed E-state index contributed by atoms with van der Waals surface area (Å²) in [4.78, 5) is 13.4. The number of anilines is 1. The summed E-state index contributed by atoms with van der Waals surface area (Å²) in [6, 6.07) is 26.4. The SMILES string of the molecule is COc1ccc(/C=C/Cc2ccc(-c3ccc(OC)cc3)c(C(=O)Nc3ccc(C)cc3)c2O)cc1. The number of aryl methyl sites for hydroxylation is 1. The second-order valence-electron chi connectivity index (χ2n) is 8.42. The fourth-order valence-electron chi connectivity index (χ4n) is 3.91. The molecular formula is C31H29NO4. The number of methoxy groups -OCH3 is 2. The molecule has 0 unspecified atom stereocenters. The monoisotopic (exact) mass is 479 g/mol. The van der Waals surface area contributed by atoms with Gasteiger partial charge in [0.15, 0.2) is 0 Å². The van der Waals surface area contributed by atoms with Crippen LogP contribution in [0.4, 0.5) is 5.69 Å². The first-order chi connectivity index (χ1) is 17.5. The molecule has 0 radical (unpaired) electrons. The zero-order valence-electron chi connectivity index (χ0n) is 20.6. The van der Waals surface area contributed by atoms with Crippen LogP contribution in [0.1, 0.15) is 27.0 Å². The van der Waals surface area contributed by atoms with Crippen molar-refractivity contribution in [2.24, 2.45) is 0 Å². The van der Waals surface area contributed by atoms with E-state index in [1.807, 2.05) is 104 Å². The molecule has 5 heteroatoms. The van der Waals surface area contributed by atoms with Crippen LogP contribution in [-0.2, 0) is 6.42 Å². The molecule has 0 spiro atoms. The van der Waals surface area contributed by atoms with Crippen LogP contribution >= 0.6 is 0 Å². The molecule has 0 heterocycles. The Labute approximate surface area is 211 Å². The van der Waals surface area contributed by atoms with Gasteiger partial charge in [0.1, 0.15) is 17.2 Å². The number of phenolic OH excluding ortho intramolecular Hbond substituents is 1. The van der Waals surface area contributed by atoms with Crippen molar-refractivity contribution in [2.75, 3.05) is 19.5 Å². The fraction of sp³-hybridized carbons (Fsp3) is 0.129. The third-order valence-electron chi connectivity index (χ3n) is 5.96. The molecule has 4 aromatic carbocycles. The van der Waals surface area contributed by atoms with Crippen molar-refractivity contribution >= 4 is 17.7 Å². The number of phenols is 1. The van der Waals surface area contributed by atoms with Gasteiger partial charge in [0.2, 0.25) is 0 Å². The van der Waals surface area contributed by atoms with Gasteiger partial charge in [0.05, 0.1) is 19.8 Å². The maximum Gasteiger partial charge on any atom is 0.260 e. The van der Waals surface area contributed by atoms with E-state index in [4.69, 9.17) is 9.47 Å². The van der Waals surface area contributed by atoms with Gasteiger partial charge in [-0.15, -0.1) is 0 Å². The molecule has 4 aromatic rings. The number of hydrogen-bond donors (Lipinski definition) is 2. The van der Waals surface area contributed by atoms with Crippen molar-refractivity contribution in [1.29, 1.82) is 0 Å². The quantitative estimate of drug-likeness (QED) is 0.289. The number of carbonyl (C=O) groups excluding carboxylic acids is 1. The zero-order chi connectivity index (χ0) is 25.5. The van der Waals surface area contributed by atoms with Gasteiger partial charge in [-0.2, -0.15) is 0 Å². The molecule has 0 saturated carbocycles. The average Bonchev–Trinajstić information content (AvgIpc) is 2.91. The summed E-state index contributed by atoms with van der Waals surface area (Å²) in [5, 5.41) is 14.2. The number of aromatic hydroxyl groups is 1. The fourth-order valence-corrected chi connectivity index (χ4v) is 3.91. The van der Waals surface area contributed by atoms with Gasteiger partial charge in [-0.25, -0.2) is 0 Å². The third-order valence-corrected chi connectivity index (χ3v) is 5.96. The molecule has 0 saturated heterocycles. The van der Waals surface area contributed by atoms with E-state index < -0.39 is 0 Å². The Morgan fingerprint density at radius 1 is 0.833 bits per heavy atom. The Kier molecular flexibility index (Phi) is 7.71. The molecule has 1 amide bonds. The molecule has 2 N–H and O–H groups in total. The van der Waals surface area contributed by atoms with E-state index >= 15 is 0 Å². The lowest BCUT2D eigenvalue weighted by Crippen LogP contribution is -2.14. The standard InChI is InChI=1S/C31H29NO4/c1-21-7-14-25(15-8-21)32-31(34)29-28(23-11-18-27(36-3)19-12-23)20-13-24(30(29)33)6-4-5-22-9-16-26(35-2)17-10-22/h4-5,7-20,33H,6H2,1-3H3,(H,32,34)/b5-4+. The summed E-state index contributed by atoms with van der Waals surface area (Å²) < 4.78 is 10.5. The number of rotatable bonds is 8. The first-order valence-corrected chi connectivity index (χ1v) is 11.7. The second kappa shape index (κ2) is 11.3. The number of amides is 1. The minimum absolute atomic E-state index is 0.0349. The lowest BCUT2D eigenvalue weighted by molar-refractivity contribution is 0.102. The van der Waals surface area contributed by atoms with Gasteiger partial charge in [0, 0.05) is 5.69 Å². The van der Waals surface area contributed by atoms with Crippen molar-refractivity contribution in [1.82, 2.24) is 0 Å². The Morgan fingerprint density at radius 2 is 1.44 bits per heavy atom. The maximum atomic E-state index is 13.4. The molecule has 4 rings (SSSR count). The average molecular weight is 480 g/mol. The van der Waals surface area contributed by atoms with Crippen molar-refractivity contribution in [3.63, 3.8) is 0 Å². The van der Waals surface area contributed by atoms with Crippen LogP contribution < -0.4 is 14.8 Å². The molecule has 182 valence electrons. The zero-order valence-corrected chi connectivity index (χ0v) is 20.6. The number of carbonyl (C=O) groups is 1. The summed E-state index contributed by atoms with van der Waals surface area (Å²) in [7, 11) is 3.24. The summed E-state index contributed by atoms with van der Waals surface area (Å²) in [5.41, 5.74) is 5.11. The molecule has 0 atom stereocenters. The van der Waals surface area contributed by atoms with Crippen molar-refractivity contribution in [2.45, 2.75) is 13.3 Å². The van der Waals surface area contributed by atoms with Gasteiger partial charge in [-0.3, -0.25) is 4.79 Å². The van der Waals surface area contributed by atoms with Crippen LogP contribution in [0, 0.1) is 6.92 Å². The van der Waals surface area contributed by atoms with E-state index in [0.717, 1.165) is 22.4 Å². The lowest BCUT2D eigenvalue weighted by Gasteiger charge is -2.15. The van der Waals surface area contributed by atoms with Gasteiger partial charge >= 0.3 is 0 Å². The Balaban J connectivity index is 1.67. The largest absolute Gasteiger partial charge is 0.507 e. The Morgan fingerprint density at radius 3 is 2.06 bits per heavy atom. The van der Waals surface area contributed by atoms with E-state index in [-0.39, 0.29) is 17.2 Å². The van der Waals surface area contributed by atoms with Crippen molar-refractivity contribution in [3.05, 3.63) is 113 Å². The first-order valence-electron chi connectivity index (χ1n) is 11.7. The van der Waals surface area contributed by atoms with Gasteiger partial charge in [-0.05, 0) is 72.0 Å². The van der Waals surface area contributed by atoms with Crippen LogP contribution in [0.25, 0.3) is 17.2 Å². The minimum atomic E-state index is -0.372. The van der Waals surface area contributed by atoms with Crippen LogP contribution in [0.15, 0.2) is 91.0 Å². The molecule has 0 aliphatic rings. The highest BCUT2D eigenvalue weighted by molar-refractivity contribution is 6.11. The van der Waals surface area contributed by atoms with Gasteiger partial charge in [-0.1, -0.05) is 66.2 Å². The highest BCUT2D eigenvalue weighted by atomic mass is 16.5. The molecule has 0 aliphatic heterocycles. The summed E-state index contributed by atoms with van der Waals surface area (Å²) in [6.07, 6.45) is 4.40. The summed E-state index contributed by atoms with van der Waals surface area (Å²) in [6.45, 7) is 1.99. The Bertz CT molecular complexity index is 1360. The van der Waals surface area contributed by atoms with Gasteiger partial charge < -0.3 is 19.9 Å². The molecule has 0 aromatic heterocycles. The van der Waals surface area contributed by atoms with E-state index in [1.54, 1.807) is 14.2 Å². The molecule has 0 fully saturated rings. The van der Waals surface area contributed by atoms with Crippen LogP contribution in [0.5, 0.6) is 17.2 Å². The van der Waals surface area contributed by atoms with E-state index in [2.05, 4.69) is 5.32 Å². The highest BCUT2D eigenvalue weighted by Crippen LogP contribution is 2.35. The van der Waals surface area contributed by atoms with Crippen molar-refractivity contribution in [3.8, 4) is 28.4 Å². The van der Waals surface area contributed by atoms with E-state index in [9.17, 15) is 9.90 Å². The van der Waals surface area contributed by atoms with E-state index in [1.165, 1.54) is 0 Å². The molecular weight excluding hydrogens is 450 g/mol. The summed E-state index contributed by atoms with van der Waals surface area (Å²) in [5.74, 6) is 1.10. The molecule has 0 aliphatic carbocycles. The number of nitrogens with one attached hydrogen (secondary N) is 1. The lowest BCUT2D eigenvalue weighted by atomic mass is 9.94. The smallest absolute Gasteiger partial charge is 0.260 e. The predicted octanol–water partition coefficient (Wildman–Crippen LogP) is 6.89. The number of benzene rings is 4. The molecule has 5 nitrogen and oxygen atoms in total. The topological polar surface area (TPSA) is 67.8 Å². The van der Waals surface area contributed by atoms with E-state index in [0.29, 0.717) is 29.0 Å².